The Morgan fingerprint density at radius 1 is 1.46 bits per heavy atom. The second-order valence-corrected chi connectivity index (χ2v) is 3.58. The van der Waals surface area contributed by atoms with Crippen molar-refractivity contribution in [2.75, 3.05) is 5.73 Å². The number of nitrogens with zero attached hydrogens (tertiary/aromatic N) is 1. The zero-order chi connectivity index (χ0) is 9.26. The number of aliphatic hydroxyl groups is 1. The van der Waals surface area contributed by atoms with E-state index in [1.54, 1.807) is 6.20 Å². The maximum atomic E-state index is 9.68. The number of rotatable bonds is 1. The van der Waals surface area contributed by atoms with E-state index in [1.165, 1.54) is 0 Å². The third kappa shape index (κ3) is 1.52. The molecule has 1 aliphatic rings. The summed E-state index contributed by atoms with van der Waals surface area (Å²) >= 11 is 0. The molecule has 1 saturated carbocycles. The Kier molecular flexibility index (Phi) is 2.19. The molecular formula is C10H14N2O. The van der Waals surface area contributed by atoms with E-state index in [9.17, 15) is 5.11 Å². The van der Waals surface area contributed by atoms with E-state index in [0.717, 1.165) is 24.8 Å². The minimum Gasteiger partial charge on any atom is -0.392 e. The van der Waals surface area contributed by atoms with Crippen molar-refractivity contribution in [1.29, 1.82) is 0 Å². The summed E-state index contributed by atoms with van der Waals surface area (Å²) in [6, 6.07) is 3.83. The highest BCUT2D eigenvalue weighted by Gasteiger charge is 2.28. The van der Waals surface area contributed by atoms with Crippen LogP contribution in [0.25, 0.3) is 0 Å². The Hall–Kier alpha value is -1.09. The van der Waals surface area contributed by atoms with E-state index in [4.69, 9.17) is 5.73 Å². The maximum Gasteiger partial charge on any atom is 0.126 e. The molecule has 1 aromatic rings. The molecule has 0 spiro atoms. The lowest BCUT2D eigenvalue weighted by atomic mass is 9.96. The van der Waals surface area contributed by atoms with Crippen molar-refractivity contribution in [3.8, 4) is 0 Å². The summed E-state index contributed by atoms with van der Waals surface area (Å²) in [5.41, 5.74) is 6.75. The average Bonchev–Trinajstić information content (AvgIpc) is 2.52. The topological polar surface area (TPSA) is 59.1 Å². The van der Waals surface area contributed by atoms with Crippen LogP contribution >= 0.6 is 0 Å². The fraction of sp³-hybridized carbons (Fsp3) is 0.500. The molecule has 0 aliphatic heterocycles. The molecule has 70 valence electrons. The molecule has 3 nitrogen and oxygen atoms in total. The summed E-state index contributed by atoms with van der Waals surface area (Å²) in [6.45, 7) is 0. The van der Waals surface area contributed by atoms with Gasteiger partial charge in [-0.25, -0.2) is 4.98 Å². The van der Waals surface area contributed by atoms with Gasteiger partial charge in [-0.3, -0.25) is 0 Å². The molecule has 3 N–H and O–H groups in total. The van der Waals surface area contributed by atoms with Crippen LogP contribution in [0.2, 0.25) is 0 Å². The number of hydrogen-bond acceptors (Lipinski definition) is 3. The van der Waals surface area contributed by atoms with Crippen molar-refractivity contribution in [2.24, 2.45) is 0 Å². The first-order valence-corrected chi connectivity index (χ1v) is 4.67. The lowest BCUT2D eigenvalue weighted by Gasteiger charge is -2.15. The molecule has 3 heteroatoms. The first-order chi connectivity index (χ1) is 6.29. The maximum absolute atomic E-state index is 9.68. The summed E-state index contributed by atoms with van der Waals surface area (Å²) in [7, 11) is 0. The number of aromatic nitrogens is 1. The van der Waals surface area contributed by atoms with Gasteiger partial charge >= 0.3 is 0 Å². The van der Waals surface area contributed by atoms with Crippen LogP contribution in [0.3, 0.4) is 0 Å². The first kappa shape index (κ1) is 8.51. The molecular weight excluding hydrogens is 164 g/mol. The third-order valence-electron chi connectivity index (χ3n) is 2.75. The van der Waals surface area contributed by atoms with Crippen LogP contribution in [-0.2, 0) is 0 Å². The molecule has 2 atom stereocenters. The van der Waals surface area contributed by atoms with Gasteiger partial charge in [0.05, 0.1) is 6.10 Å². The molecule has 1 aromatic heterocycles. The van der Waals surface area contributed by atoms with Crippen LogP contribution in [0.4, 0.5) is 5.82 Å². The van der Waals surface area contributed by atoms with Crippen molar-refractivity contribution < 1.29 is 5.11 Å². The Labute approximate surface area is 77.6 Å². The van der Waals surface area contributed by atoms with Gasteiger partial charge in [-0.1, -0.05) is 12.5 Å². The second kappa shape index (κ2) is 3.34. The Morgan fingerprint density at radius 3 is 2.92 bits per heavy atom. The van der Waals surface area contributed by atoms with Crippen molar-refractivity contribution in [1.82, 2.24) is 4.98 Å². The number of hydrogen-bond donors (Lipinski definition) is 2. The molecule has 0 saturated heterocycles. The number of aliphatic hydroxyl groups excluding tert-OH is 1. The van der Waals surface area contributed by atoms with Crippen molar-refractivity contribution in [3.05, 3.63) is 23.9 Å². The largest absolute Gasteiger partial charge is 0.392 e. The van der Waals surface area contributed by atoms with Crippen LogP contribution in [0, 0.1) is 0 Å². The molecule has 1 fully saturated rings. The number of pyridine rings is 1. The van der Waals surface area contributed by atoms with E-state index < -0.39 is 0 Å². The standard InChI is InChI=1S/C10H14N2O/c11-10-8(4-2-6-12-10)7-3-1-5-9(7)13/h2,4,6-7,9,13H,1,3,5H2,(H2,11,12)/t7-,9+/m0/s1. The smallest absolute Gasteiger partial charge is 0.126 e. The average molecular weight is 178 g/mol. The van der Waals surface area contributed by atoms with Crippen LogP contribution < -0.4 is 5.73 Å². The van der Waals surface area contributed by atoms with Gasteiger partial charge in [0.15, 0.2) is 0 Å². The van der Waals surface area contributed by atoms with Gasteiger partial charge in [-0.15, -0.1) is 0 Å². The normalized spacial score (nSPS) is 27.8. The van der Waals surface area contributed by atoms with Gasteiger partial charge in [0.1, 0.15) is 5.82 Å². The van der Waals surface area contributed by atoms with E-state index in [2.05, 4.69) is 4.98 Å². The molecule has 0 radical (unpaired) electrons. The number of nitrogens with two attached hydrogens (primary N) is 1. The summed E-state index contributed by atoms with van der Waals surface area (Å²) in [4.78, 5) is 4.02. The second-order valence-electron chi connectivity index (χ2n) is 3.58. The molecule has 0 unspecified atom stereocenters. The molecule has 1 aliphatic carbocycles. The summed E-state index contributed by atoms with van der Waals surface area (Å²) < 4.78 is 0. The van der Waals surface area contributed by atoms with E-state index in [1.807, 2.05) is 12.1 Å². The summed E-state index contributed by atoms with van der Waals surface area (Å²) in [6.07, 6.45) is 4.45. The highest BCUT2D eigenvalue weighted by Crippen LogP contribution is 2.36. The fourth-order valence-corrected chi connectivity index (χ4v) is 2.05. The van der Waals surface area contributed by atoms with Gasteiger partial charge in [0, 0.05) is 12.1 Å². The molecule has 0 bridgehead atoms. The van der Waals surface area contributed by atoms with Crippen molar-refractivity contribution in [3.63, 3.8) is 0 Å². The van der Waals surface area contributed by atoms with Gasteiger partial charge in [0.25, 0.3) is 0 Å². The van der Waals surface area contributed by atoms with Gasteiger partial charge in [0.2, 0.25) is 0 Å². The zero-order valence-corrected chi connectivity index (χ0v) is 7.48. The van der Waals surface area contributed by atoms with E-state index in [0.29, 0.717) is 5.82 Å². The summed E-state index contributed by atoms with van der Waals surface area (Å²) in [5.74, 6) is 0.766. The van der Waals surface area contributed by atoms with E-state index >= 15 is 0 Å². The Balaban J connectivity index is 2.29. The van der Waals surface area contributed by atoms with Gasteiger partial charge in [-0.05, 0) is 24.5 Å². The highest BCUT2D eigenvalue weighted by atomic mass is 16.3. The predicted octanol–water partition coefficient (Wildman–Crippen LogP) is 1.29. The molecule has 0 amide bonds. The fourth-order valence-electron chi connectivity index (χ4n) is 2.05. The Morgan fingerprint density at radius 2 is 2.31 bits per heavy atom. The lowest BCUT2D eigenvalue weighted by Crippen LogP contribution is -2.13. The van der Waals surface area contributed by atoms with Gasteiger partial charge in [-0.2, -0.15) is 0 Å². The number of nitrogen functional groups attached to an aromatic ring is 1. The zero-order valence-electron chi connectivity index (χ0n) is 7.48. The van der Waals surface area contributed by atoms with Crippen LogP contribution in [0.15, 0.2) is 18.3 Å². The molecule has 0 aromatic carbocycles. The first-order valence-electron chi connectivity index (χ1n) is 4.67. The quantitative estimate of drug-likeness (QED) is 0.681. The summed E-state index contributed by atoms with van der Waals surface area (Å²) in [5, 5.41) is 9.68. The Bertz CT molecular complexity index is 301. The van der Waals surface area contributed by atoms with Crippen LogP contribution in [0.1, 0.15) is 30.7 Å². The molecule has 1 heterocycles. The third-order valence-corrected chi connectivity index (χ3v) is 2.75. The van der Waals surface area contributed by atoms with Crippen LogP contribution in [0.5, 0.6) is 0 Å². The SMILES string of the molecule is Nc1ncccc1[C@@H]1CCC[C@H]1O. The minimum absolute atomic E-state index is 0.202. The van der Waals surface area contributed by atoms with E-state index in [-0.39, 0.29) is 12.0 Å². The lowest BCUT2D eigenvalue weighted by molar-refractivity contribution is 0.164. The van der Waals surface area contributed by atoms with Crippen molar-refractivity contribution in [2.45, 2.75) is 31.3 Å². The highest BCUT2D eigenvalue weighted by molar-refractivity contribution is 5.42. The predicted molar refractivity (Wildman–Crippen MR) is 51.2 cm³/mol. The van der Waals surface area contributed by atoms with Gasteiger partial charge < -0.3 is 10.8 Å². The number of anilines is 1. The van der Waals surface area contributed by atoms with Crippen molar-refractivity contribution >= 4 is 5.82 Å². The molecule has 2 rings (SSSR count). The molecule has 13 heavy (non-hydrogen) atoms. The minimum atomic E-state index is -0.230. The van der Waals surface area contributed by atoms with Crippen LogP contribution in [-0.4, -0.2) is 16.2 Å². The monoisotopic (exact) mass is 178 g/mol.